The van der Waals surface area contributed by atoms with E-state index in [0.717, 1.165) is 47.6 Å². The number of nitrogens with one attached hydrogen (secondary N) is 3. The van der Waals surface area contributed by atoms with Gasteiger partial charge in [0.2, 0.25) is 15.9 Å². The lowest BCUT2D eigenvalue weighted by atomic mass is 9.86. The number of thiazole rings is 1. The number of hydrogen-bond donors (Lipinski definition) is 3. The molecule has 2 unspecified atom stereocenters. The van der Waals surface area contributed by atoms with Crippen molar-refractivity contribution in [2.24, 2.45) is 5.92 Å². The molecule has 11 heteroatoms. The molecule has 0 bridgehead atoms. The van der Waals surface area contributed by atoms with Gasteiger partial charge in [-0.05, 0) is 90.3 Å². The van der Waals surface area contributed by atoms with Crippen LogP contribution in [-0.4, -0.2) is 43.1 Å². The van der Waals surface area contributed by atoms with Crippen molar-refractivity contribution in [3.63, 3.8) is 0 Å². The number of carbonyl (C=O) groups excluding carboxylic acids is 2. The van der Waals surface area contributed by atoms with Gasteiger partial charge in [-0.1, -0.05) is 36.4 Å². The van der Waals surface area contributed by atoms with E-state index in [1.54, 1.807) is 45.2 Å². The Balaban J connectivity index is 1.32. The average molecular weight is 639 g/mol. The van der Waals surface area contributed by atoms with E-state index in [-0.39, 0.29) is 46.8 Å². The van der Waals surface area contributed by atoms with Gasteiger partial charge >= 0.3 is 6.09 Å². The van der Waals surface area contributed by atoms with Crippen LogP contribution < -0.4 is 15.4 Å². The zero-order valence-electron chi connectivity index (χ0n) is 25.9. The second kappa shape index (κ2) is 13.0. The predicted octanol–water partition coefficient (Wildman–Crippen LogP) is 6.79. The smallest absolute Gasteiger partial charge is 0.407 e. The minimum Gasteiger partial charge on any atom is -0.447 e. The minimum atomic E-state index is -3.93. The van der Waals surface area contributed by atoms with Crippen LogP contribution in [0.1, 0.15) is 89.1 Å². The Kier molecular flexibility index (Phi) is 9.48. The number of nitrogens with zero attached hydrogens (tertiary/aromatic N) is 1. The first-order chi connectivity index (χ1) is 20.8. The van der Waals surface area contributed by atoms with E-state index < -0.39 is 15.6 Å². The maximum absolute atomic E-state index is 13.7. The minimum absolute atomic E-state index is 0.0681. The molecule has 3 N–H and O–H groups in total. The summed E-state index contributed by atoms with van der Waals surface area (Å²) in [5.41, 5.74) is 1.43. The lowest BCUT2D eigenvalue weighted by Crippen LogP contribution is -2.40. The van der Waals surface area contributed by atoms with Gasteiger partial charge in [-0.3, -0.25) is 4.79 Å². The van der Waals surface area contributed by atoms with Gasteiger partial charge < -0.3 is 15.4 Å². The van der Waals surface area contributed by atoms with E-state index in [1.807, 2.05) is 44.2 Å². The SMILES string of the molecule is CC(C)OC(=O)NC1CCC(c2ncc(-c3ccc(NC(=O)C4CC4c4ccccc4)cc3S(=O)(=O)NC(C)(C)C)s2)CC1. The Morgan fingerprint density at radius 1 is 1.02 bits per heavy atom. The van der Waals surface area contributed by atoms with E-state index in [9.17, 15) is 18.0 Å². The molecule has 5 rings (SSSR count). The van der Waals surface area contributed by atoms with Crippen LogP contribution >= 0.6 is 11.3 Å². The number of carbonyl (C=O) groups is 2. The average Bonchev–Trinajstić information content (AvgIpc) is 3.61. The summed E-state index contributed by atoms with van der Waals surface area (Å²) in [7, 11) is -3.93. The zero-order valence-corrected chi connectivity index (χ0v) is 27.6. The molecule has 2 amide bonds. The highest BCUT2D eigenvalue weighted by Gasteiger charge is 2.44. The molecular weight excluding hydrogens is 597 g/mol. The summed E-state index contributed by atoms with van der Waals surface area (Å²) in [6.45, 7) is 9.04. The van der Waals surface area contributed by atoms with Crippen molar-refractivity contribution in [3.8, 4) is 10.4 Å². The van der Waals surface area contributed by atoms with Gasteiger partial charge in [0, 0.05) is 40.9 Å². The molecule has 0 radical (unpaired) electrons. The Labute approximate surface area is 264 Å². The molecule has 1 heterocycles. The molecule has 9 nitrogen and oxygen atoms in total. The van der Waals surface area contributed by atoms with Crippen molar-refractivity contribution in [2.45, 2.75) is 101 Å². The predicted molar refractivity (Wildman–Crippen MR) is 173 cm³/mol. The number of anilines is 1. The fourth-order valence-electron chi connectivity index (χ4n) is 5.77. The molecule has 1 aromatic heterocycles. The van der Waals surface area contributed by atoms with Crippen molar-refractivity contribution >= 4 is 39.0 Å². The highest BCUT2D eigenvalue weighted by molar-refractivity contribution is 7.89. The van der Waals surface area contributed by atoms with Gasteiger partial charge in [0.05, 0.1) is 20.9 Å². The molecular formula is C33H42N4O5S2. The van der Waals surface area contributed by atoms with Gasteiger partial charge in [-0.25, -0.2) is 22.9 Å². The van der Waals surface area contributed by atoms with E-state index in [4.69, 9.17) is 9.72 Å². The third kappa shape index (κ3) is 8.05. The van der Waals surface area contributed by atoms with E-state index >= 15 is 0 Å². The molecule has 2 aliphatic rings. The molecule has 0 spiro atoms. The van der Waals surface area contributed by atoms with Crippen LogP contribution in [0.15, 0.2) is 59.6 Å². The van der Waals surface area contributed by atoms with E-state index in [1.165, 1.54) is 11.3 Å². The Morgan fingerprint density at radius 2 is 1.73 bits per heavy atom. The second-order valence-electron chi connectivity index (χ2n) is 13.1. The Hall–Kier alpha value is -3.28. The summed E-state index contributed by atoms with van der Waals surface area (Å²) < 4.78 is 35.3. The van der Waals surface area contributed by atoms with Crippen molar-refractivity contribution in [2.75, 3.05) is 5.32 Å². The first-order valence-corrected chi connectivity index (χ1v) is 17.6. The molecule has 0 aliphatic heterocycles. The van der Waals surface area contributed by atoms with Crippen molar-refractivity contribution in [1.82, 2.24) is 15.0 Å². The number of benzene rings is 2. The number of aromatic nitrogens is 1. The lowest BCUT2D eigenvalue weighted by molar-refractivity contribution is -0.117. The van der Waals surface area contributed by atoms with Crippen LogP contribution in [0, 0.1) is 5.92 Å². The summed E-state index contributed by atoms with van der Waals surface area (Å²) in [5.74, 6) is 0.160. The molecule has 44 heavy (non-hydrogen) atoms. The van der Waals surface area contributed by atoms with Crippen LogP contribution in [0.3, 0.4) is 0 Å². The van der Waals surface area contributed by atoms with Gasteiger partial charge in [0.15, 0.2) is 0 Å². The number of sulfonamides is 1. The molecule has 2 saturated carbocycles. The second-order valence-corrected chi connectivity index (χ2v) is 15.8. The fourth-order valence-corrected chi connectivity index (χ4v) is 8.63. The van der Waals surface area contributed by atoms with Gasteiger partial charge in [-0.15, -0.1) is 11.3 Å². The number of hydrogen-bond acceptors (Lipinski definition) is 7. The monoisotopic (exact) mass is 638 g/mol. The third-order valence-corrected chi connectivity index (χ3v) is 10.9. The number of ether oxygens (including phenoxy) is 1. The quantitative estimate of drug-likeness (QED) is 0.237. The van der Waals surface area contributed by atoms with Crippen LogP contribution in [0.2, 0.25) is 0 Å². The first-order valence-electron chi connectivity index (χ1n) is 15.3. The zero-order chi connectivity index (χ0) is 31.6. The van der Waals surface area contributed by atoms with Crippen molar-refractivity contribution in [1.29, 1.82) is 0 Å². The standard InChI is InChI=1S/C33H42N4O5S2/c1-20(2)42-32(39)36-23-13-11-22(12-14-23)31-34-19-28(43-31)25-16-15-24(17-29(25)44(40,41)37-33(3,4)5)35-30(38)27-18-26(27)21-9-7-6-8-10-21/h6-10,15-17,19-20,22-23,26-27,37H,11-14,18H2,1-5H3,(H,35,38)(H,36,39). The number of rotatable bonds is 9. The maximum Gasteiger partial charge on any atom is 0.407 e. The van der Waals surface area contributed by atoms with Crippen LogP contribution in [0.5, 0.6) is 0 Å². The van der Waals surface area contributed by atoms with E-state index in [0.29, 0.717) is 11.3 Å². The normalized spacial score (nSPS) is 22.0. The van der Waals surface area contributed by atoms with Crippen LogP contribution in [0.4, 0.5) is 10.5 Å². The van der Waals surface area contributed by atoms with Crippen LogP contribution in [-0.2, 0) is 19.6 Å². The van der Waals surface area contributed by atoms with Gasteiger partial charge in [0.25, 0.3) is 0 Å². The van der Waals surface area contributed by atoms with Crippen molar-refractivity contribution < 1.29 is 22.7 Å². The summed E-state index contributed by atoms with van der Waals surface area (Å²) in [5, 5.41) is 6.87. The summed E-state index contributed by atoms with van der Waals surface area (Å²) in [4.78, 5) is 30.7. The molecule has 2 fully saturated rings. The molecule has 2 atom stereocenters. The topological polar surface area (TPSA) is 126 Å². The van der Waals surface area contributed by atoms with Gasteiger partial charge in [0.1, 0.15) is 0 Å². The summed E-state index contributed by atoms with van der Waals surface area (Å²) in [6.07, 6.45) is 5.34. The van der Waals surface area contributed by atoms with Crippen molar-refractivity contribution in [3.05, 3.63) is 65.3 Å². The lowest BCUT2D eigenvalue weighted by Gasteiger charge is -2.28. The Bertz CT molecular complexity index is 1590. The summed E-state index contributed by atoms with van der Waals surface area (Å²) in [6, 6.07) is 15.1. The first kappa shape index (κ1) is 32.1. The number of amides is 2. The molecule has 3 aromatic rings. The largest absolute Gasteiger partial charge is 0.447 e. The molecule has 2 aliphatic carbocycles. The summed E-state index contributed by atoms with van der Waals surface area (Å²) >= 11 is 1.49. The molecule has 0 saturated heterocycles. The highest BCUT2D eigenvalue weighted by atomic mass is 32.2. The highest BCUT2D eigenvalue weighted by Crippen LogP contribution is 2.48. The third-order valence-electron chi connectivity index (χ3n) is 7.86. The van der Waals surface area contributed by atoms with Crippen LogP contribution in [0.25, 0.3) is 10.4 Å². The van der Waals surface area contributed by atoms with E-state index in [2.05, 4.69) is 15.4 Å². The maximum atomic E-state index is 13.7. The molecule has 2 aromatic carbocycles. The van der Waals surface area contributed by atoms with Gasteiger partial charge in [-0.2, -0.15) is 0 Å². The molecule has 236 valence electrons. The fraction of sp³-hybridized carbons (Fsp3) is 0.485. The Morgan fingerprint density at radius 3 is 2.39 bits per heavy atom. The number of alkyl carbamates (subject to hydrolysis) is 1.